The Balaban J connectivity index is 1.81. The fraction of sp³-hybridized carbons (Fsp3) is 1.00. The second-order valence-electron chi connectivity index (χ2n) is 13.3. The summed E-state index contributed by atoms with van der Waals surface area (Å²) in [5.74, 6) is -1.47. The minimum Gasteiger partial charge on any atom is -0.414 e. The van der Waals surface area contributed by atoms with Crippen molar-refractivity contribution in [1.29, 1.82) is 0 Å². The van der Waals surface area contributed by atoms with E-state index in [0.717, 1.165) is 63.1 Å². The summed E-state index contributed by atoms with van der Waals surface area (Å²) in [5.41, 5.74) is -0.509. The van der Waals surface area contributed by atoms with Crippen LogP contribution < -0.4 is 0 Å². The third-order valence-corrected chi connectivity index (χ3v) is 19.3. The Labute approximate surface area is 223 Å². The normalized spacial score (nSPS) is 36.2. The van der Waals surface area contributed by atoms with Gasteiger partial charge in [0.1, 0.15) is 5.60 Å². The van der Waals surface area contributed by atoms with Crippen LogP contribution in [0.1, 0.15) is 99.8 Å². The predicted molar refractivity (Wildman–Crippen MR) is 150 cm³/mol. The largest absolute Gasteiger partial charge is 0.414 e. The van der Waals surface area contributed by atoms with Crippen LogP contribution in [0.4, 0.5) is 0 Å². The van der Waals surface area contributed by atoms with Crippen molar-refractivity contribution in [1.82, 2.24) is 0 Å². The first-order valence-electron chi connectivity index (χ1n) is 14.7. The molecule has 1 N–H and O–H groups in total. The third kappa shape index (κ3) is 6.16. The lowest BCUT2D eigenvalue weighted by molar-refractivity contribution is -0.399. The van der Waals surface area contributed by atoms with Gasteiger partial charge in [-0.3, -0.25) is 0 Å². The molecule has 8 heteroatoms. The van der Waals surface area contributed by atoms with Crippen molar-refractivity contribution in [3.8, 4) is 0 Å². The highest BCUT2D eigenvalue weighted by molar-refractivity contribution is 6.74. The van der Waals surface area contributed by atoms with Gasteiger partial charge in [0.15, 0.2) is 28.2 Å². The Hall–Kier alpha value is 0.194. The summed E-state index contributed by atoms with van der Waals surface area (Å²) < 4.78 is 34.4. The molecule has 6 nitrogen and oxygen atoms in total. The van der Waals surface area contributed by atoms with E-state index in [2.05, 4.69) is 61.6 Å². The number of hydrogen-bond acceptors (Lipinski definition) is 6. The fourth-order valence-corrected chi connectivity index (χ4v) is 10.3. The van der Waals surface area contributed by atoms with Gasteiger partial charge in [-0.1, -0.05) is 41.5 Å². The topological polar surface area (TPSA) is 66.4 Å². The Morgan fingerprint density at radius 2 is 1.58 bits per heavy atom. The first-order valence-corrected chi connectivity index (χ1v) is 20.2. The standard InChI is InChI=1S/C28H56O6Si2/c1-10-36(11-2,12-3)34-26(7)18-15-23(16-21-29)32-28(26)20-19-27(33-28)17-13-14-24(31-27)22-30-35(8,9)25(4,5)6/h23-24,29H,10-22H2,1-9H3/t23-,24+,26+,27+,28+/m0/s1. The van der Waals surface area contributed by atoms with E-state index in [-0.39, 0.29) is 23.9 Å². The van der Waals surface area contributed by atoms with E-state index in [1.807, 2.05) is 0 Å². The van der Waals surface area contributed by atoms with E-state index in [4.69, 9.17) is 23.1 Å². The lowest BCUT2D eigenvalue weighted by Gasteiger charge is -2.55. The molecule has 3 rings (SSSR count). The lowest BCUT2D eigenvalue weighted by atomic mass is 9.83. The number of aliphatic hydroxyl groups excluding tert-OH is 1. The predicted octanol–water partition coefficient (Wildman–Crippen LogP) is 7.12. The van der Waals surface area contributed by atoms with Gasteiger partial charge in [0, 0.05) is 25.9 Å². The first-order chi connectivity index (χ1) is 16.7. The Morgan fingerprint density at radius 1 is 0.917 bits per heavy atom. The Morgan fingerprint density at radius 3 is 2.17 bits per heavy atom. The molecular formula is C28H56O6Si2. The second-order valence-corrected chi connectivity index (χ2v) is 22.8. The average molecular weight is 545 g/mol. The maximum atomic E-state index is 9.66. The molecule has 3 saturated heterocycles. The summed E-state index contributed by atoms with van der Waals surface area (Å²) in [6.45, 7) is 21.3. The molecule has 3 heterocycles. The van der Waals surface area contributed by atoms with Crippen molar-refractivity contribution in [2.45, 2.75) is 165 Å². The lowest BCUT2D eigenvalue weighted by Crippen LogP contribution is -2.65. The van der Waals surface area contributed by atoms with Crippen LogP contribution in [-0.4, -0.2) is 64.3 Å². The molecule has 0 aromatic rings. The van der Waals surface area contributed by atoms with Gasteiger partial charge >= 0.3 is 0 Å². The van der Waals surface area contributed by atoms with E-state index in [9.17, 15) is 5.11 Å². The minimum atomic E-state index is -1.90. The van der Waals surface area contributed by atoms with Crippen molar-refractivity contribution in [2.75, 3.05) is 13.2 Å². The van der Waals surface area contributed by atoms with Gasteiger partial charge in [0.25, 0.3) is 0 Å². The van der Waals surface area contributed by atoms with Gasteiger partial charge in [-0.05, 0) is 75.3 Å². The van der Waals surface area contributed by atoms with Crippen LogP contribution in [0.25, 0.3) is 0 Å². The molecule has 0 aromatic carbocycles. The Bertz CT molecular complexity index is 715. The zero-order valence-corrected chi connectivity index (χ0v) is 26.8. The number of ether oxygens (including phenoxy) is 3. The maximum Gasteiger partial charge on any atom is 0.199 e. The molecule has 0 amide bonds. The molecule has 3 aliphatic heterocycles. The second kappa shape index (κ2) is 11.4. The molecule has 3 aliphatic rings. The molecule has 0 bridgehead atoms. The smallest absolute Gasteiger partial charge is 0.199 e. The van der Waals surface area contributed by atoms with Crippen molar-refractivity contribution < 1.29 is 28.2 Å². The molecule has 2 spiro atoms. The highest BCUT2D eigenvalue weighted by atomic mass is 28.4. The van der Waals surface area contributed by atoms with Gasteiger partial charge in [-0.15, -0.1) is 0 Å². The molecule has 0 aliphatic carbocycles. The molecule has 3 fully saturated rings. The van der Waals surface area contributed by atoms with Crippen molar-refractivity contribution in [2.24, 2.45) is 0 Å². The van der Waals surface area contributed by atoms with E-state index >= 15 is 0 Å². The van der Waals surface area contributed by atoms with Gasteiger partial charge in [-0.25, -0.2) is 0 Å². The van der Waals surface area contributed by atoms with Gasteiger partial charge in [-0.2, -0.15) is 0 Å². The van der Waals surface area contributed by atoms with Crippen LogP contribution in [0.3, 0.4) is 0 Å². The van der Waals surface area contributed by atoms with Gasteiger partial charge in [0.2, 0.25) is 0 Å². The number of aliphatic hydroxyl groups is 1. The van der Waals surface area contributed by atoms with Crippen LogP contribution >= 0.6 is 0 Å². The van der Waals surface area contributed by atoms with Crippen LogP contribution in [-0.2, 0) is 23.1 Å². The van der Waals surface area contributed by atoms with Gasteiger partial charge in [0.05, 0.1) is 18.8 Å². The highest BCUT2D eigenvalue weighted by Crippen LogP contribution is 2.56. The van der Waals surface area contributed by atoms with E-state index < -0.39 is 33.8 Å². The SMILES string of the molecule is CC[Si](CC)(CC)O[C@]1(C)CC[C@@H](CCO)O[C@@]12CC[C@@]1(CCC[C@H](CO[Si](C)(C)C(C)(C)C)O1)O2. The van der Waals surface area contributed by atoms with Crippen LogP contribution in [0.2, 0.25) is 36.3 Å². The summed E-state index contributed by atoms with van der Waals surface area (Å²) in [6.07, 6.45) is 6.98. The average Bonchev–Trinajstić information content (AvgIpc) is 3.17. The maximum absolute atomic E-state index is 9.66. The first kappa shape index (κ1) is 30.7. The zero-order chi connectivity index (χ0) is 26.9. The Kier molecular flexibility index (Phi) is 9.69. The molecule has 0 radical (unpaired) electrons. The van der Waals surface area contributed by atoms with Crippen LogP contribution in [0.15, 0.2) is 0 Å². The quantitative estimate of drug-likeness (QED) is 0.295. The summed E-state index contributed by atoms with van der Waals surface area (Å²) in [4.78, 5) is 0. The number of hydrogen-bond donors (Lipinski definition) is 1. The minimum absolute atomic E-state index is 0.0101. The van der Waals surface area contributed by atoms with Gasteiger partial charge < -0.3 is 28.2 Å². The molecule has 36 heavy (non-hydrogen) atoms. The molecule has 5 atom stereocenters. The zero-order valence-electron chi connectivity index (χ0n) is 24.8. The molecule has 0 aromatic heterocycles. The van der Waals surface area contributed by atoms with E-state index in [1.165, 1.54) is 0 Å². The molecule has 212 valence electrons. The summed E-state index contributed by atoms with van der Waals surface area (Å²) >= 11 is 0. The summed E-state index contributed by atoms with van der Waals surface area (Å²) in [5, 5.41) is 9.84. The molecule has 0 saturated carbocycles. The monoisotopic (exact) mass is 544 g/mol. The van der Waals surface area contributed by atoms with Crippen LogP contribution in [0.5, 0.6) is 0 Å². The highest BCUT2D eigenvalue weighted by Gasteiger charge is 2.65. The fourth-order valence-electron chi connectivity index (χ4n) is 6.13. The van der Waals surface area contributed by atoms with Crippen LogP contribution in [0, 0.1) is 0 Å². The molecular weight excluding hydrogens is 488 g/mol. The molecule has 0 unspecified atom stereocenters. The van der Waals surface area contributed by atoms with Crippen molar-refractivity contribution >= 4 is 16.6 Å². The summed E-state index contributed by atoms with van der Waals surface area (Å²) in [7, 11) is -3.75. The number of rotatable bonds is 10. The third-order valence-electron chi connectivity index (χ3n) is 10.0. The summed E-state index contributed by atoms with van der Waals surface area (Å²) in [6, 6.07) is 3.29. The van der Waals surface area contributed by atoms with E-state index in [1.54, 1.807) is 0 Å². The van der Waals surface area contributed by atoms with E-state index in [0.29, 0.717) is 13.0 Å². The van der Waals surface area contributed by atoms with Crippen molar-refractivity contribution in [3.63, 3.8) is 0 Å². The van der Waals surface area contributed by atoms with Crippen molar-refractivity contribution in [3.05, 3.63) is 0 Å².